The minimum atomic E-state index is -1.28. The zero-order chi connectivity index (χ0) is 28.1. The van der Waals surface area contributed by atoms with Gasteiger partial charge < -0.3 is 20.8 Å². The molecule has 3 unspecified atom stereocenters. The Labute approximate surface area is 230 Å². The summed E-state index contributed by atoms with van der Waals surface area (Å²) in [4.78, 5) is 31.0. The van der Waals surface area contributed by atoms with Crippen molar-refractivity contribution >= 4 is 17.5 Å². The van der Waals surface area contributed by atoms with E-state index in [2.05, 4.69) is 31.4 Å². The first kappa shape index (κ1) is 27.8. The van der Waals surface area contributed by atoms with E-state index in [4.69, 9.17) is 4.84 Å². The number of rotatable bonds is 7. The third kappa shape index (κ3) is 5.35. The lowest BCUT2D eigenvalue weighted by Gasteiger charge is -2.62. The van der Waals surface area contributed by atoms with Crippen molar-refractivity contribution in [1.29, 1.82) is 0 Å². The second-order valence-electron chi connectivity index (χ2n) is 12.4. The second kappa shape index (κ2) is 10.7. The molecule has 4 aliphatic rings. The molecular formula is C31H41N3O5. The lowest BCUT2D eigenvalue weighted by atomic mass is 9.45. The van der Waals surface area contributed by atoms with Gasteiger partial charge in [0.25, 0.3) is 0 Å². The lowest BCUT2D eigenvalue weighted by molar-refractivity contribution is -0.231. The predicted molar refractivity (Wildman–Crippen MR) is 149 cm³/mol. The molecule has 2 aromatic rings. The van der Waals surface area contributed by atoms with Crippen LogP contribution in [0.25, 0.3) is 11.1 Å². The van der Waals surface area contributed by atoms with Crippen molar-refractivity contribution < 1.29 is 24.6 Å². The zero-order valence-corrected chi connectivity index (χ0v) is 23.4. The van der Waals surface area contributed by atoms with E-state index in [-0.39, 0.29) is 24.4 Å². The molecule has 1 heterocycles. The average molecular weight is 536 g/mol. The molecule has 3 saturated carbocycles. The molecule has 2 bridgehead atoms. The van der Waals surface area contributed by atoms with Gasteiger partial charge in [0, 0.05) is 18.7 Å². The minimum absolute atomic E-state index is 0.0720. The Morgan fingerprint density at radius 3 is 2.46 bits per heavy atom. The average Bonchev–Trinajstić information content (AvgIpc) is 3.20. The predicted octanol–water partition coefficient (Wildman–Crippen LogP) is 3.93. The summed E-state index contributed by atoms with van der Waals surface area (Å²) in [5, 5.41) is 28.8. The topological polar surface area (TPSA) is 111 Å². The van der Waals surface area contributed by atoms with Crippen LogP contribution >= 0.6 is 0 Å². The highest BCUT2D eigenvalue weighted by Crippen LogP contribution is 2.61. The van der Waals surface area contributed by atoms with Crippen molar-refractivity contribution in [3.63, 3.8) is 0 Å². The number of nitrogens with one attached hydrogen (secondary N) is 2. The van der Waals surface area contributed by atoms with E-state index in [1.54, 1.807) is 6.92 Å². The minimum Gasteiger partial charge on any atom is -0.393 e. The van der Waals surface area contributed by atoms with E-state index in [0.717, 1.165) is 23.1 Å². The number of carbonyl (C=O) groups excluding carboxylic acids is 2. The van der Waals surface area contributed by atoms with Crippen LogP contribution in [-0.4, -0.2) is 51.6 Å². The van der Waals surface area contributed by atoms with Gasteiger partial charge in [0.2, 0.25) is 11.8 Å². The molecule has 8 heteroatoms. The van der Waals surface area contributed by atoms with Gasteiger partial charge in [-0.3, -0.25) is 14.4 Å². The van der Waals surface area contributed by atoms with Crippen molar-refractivity contribution in [2.75, 3.05) is 5.32 Å². The van der Waals surface area contributed by atoms with Crippen LogP contribution in [0.3, 0.4) is 0 Å². The summed E-state index contributed by atoms with van der Waals surface area (Å²) in [5.41, 5.74) is 3.81. The number of hydroxylamine groups is 2. The van der Waals surface area contributed by atoms with Gasteiger partial charge in [-0.1, -0.05) is 51.1 Å². The van der Waals surface area contributed by atoms with Gasteiger partial charge in [-0.15, -0.1) is 0 Å². The molecule has 0 spiro atoms. The van der Waals surface area contributed by atoms with Crippen molar-refractivity contribution in [3.8, 4) is 11.1 Å². The summed E-state index contributed by atoms with van der Waals surface area (Å²) in [6, 6.07) is 14.7. The molecule has 4 N–H and O–H groups in total. The summed E-state index contributed by atoms with van der Waals surface area (Å²) in [6.45, 7) is 10.2. The molecular weight excluding hydrogens is 494 g/mol. The van der Waals surface area contributed by atoms with Crippen LogP contribution in [0.5, 0.6) is 0 Å². The third-order valence-electron chi connectivity index (χ3n) is 9.54. The van der Waals surface area contributed by atoms with Crippen LogP contribution in [0, 0.1) is 29.1 Å². The molecule has 6 rings (SSSR count). The largest absolute Gasteiger partial charge is 0.393 e. The standard InChI is InChI=1S/C31H41N3O5/c1-17-25-14-23(31(25,4)5)15-26(17)33-29(37)28-27(18(2)35)30(38)39-34(28)16-20-8-6-9-21(12-20)22-10-7-11-24(13-22)32-19(3)36/h6-13,17-18,23,25-28,30,35,38H,14-16H2,1-5H3,(H,32,36)(H,33,37)/t17?,18?,23-,25+,26+,27+,28+,30?/m1/s1. The maximum Gasteiger partial charge on any atom is 0.240 e. The number of hydrogen-bond donors (Lipinski definition) is 4. The number of fused-ring (bicyclic) bond motifs is 2. The maximum atomic E-state index is 13.7. The summed E-state index contributed by atoms with van der Waals surface area (Å²) in [6.07, 6.45) is -0.0434. The third-order valence-corrected chi connectivity index (χ3v) is 9.54. The van der Waals surface area contributed by atoms with Gasteiger partial charge in [-0.2, -0.15) is 5.06 Å². The highest BCUT2D eigenvalue weighted by Gasteiger charge is 2.57. The number of nitrogens with zero attached hydrogens (tertiary/aromatic N) is 1. The van der Waals surface area contributed by atoms with E-state index in [9.17, 15) is 19.8 Å². The van der Waals surface area contributed by atoms with Gasteiger partial charge in [-0.25, -0.2) is 0 Å². The fourth-order valence-electron chi connectivity index (χ4n) is 7.18. The van der Waals surface area contributed by atoms with E-state index in [1.807, 2.05) is 48.5 Å². The van der Waals surface area contributed by atoms with Gasteiger partial charge in [0.1, 0.15) is 6.04 Å². The molecule has 1 aliphatic heterocycles. The lowest BCUT2D eigenvalue weighted by Crippen LogP contribution is -2.62. The van der Waals surface area contributed by atoms with Crippen LogP contribution in [0.1, 0.15) is 53.0 Å². The molecule has 0 aromatic heterocycles. The molecule has 0 radical (unpaired) electrons. The number of amides is 2. The first-order chi connectivity index (χ1) is 18.5. The Hall–Kier alpha value is -2.78. The Balaban J connectivity index is 1.34. The summed E-state index contributed by atoms with van der Waals surface area (Å²) >= 11 is 0. The molecule has 39 heavy (non-hydrogen) atoms. The summed E-state index contributed by atoms with van der Waals surface area (Å²) in [5.74, 6) is 0.433. The monoisotopic (exact) mass is 535 g/mol. The van der Waals surface area contributed by atoms with Crippen LogP contribution in [0.15, 0.2) is 48.5 Å². The van der Waals surface area contributed by atoms with Crippen LogP contribution < -0.4 is 10.6 Å². The summed E-state index contributed by atoms with van der Waals surface area (Å²) < 4.78 is 0. The van der Waals surface area contributed by atoms with E-state index in [1.165, 1.54) is 18.4 Å². The van der Waals surface area contributed by atoms with Gasteiger partial charge in [-0.05, 0) is 77.8 Å². The number of hydrogen-bond acceptors (Lipinski definition) is 6. The van der Waals surface area contributed by atoms with Crippen molar-refractivity contribution in [3.05, 3.63) is 54.1 Å². The molecule has 2 amide bonds. The van der Waals surface area contributed by atoms with E-state index in [0.29, 0.717) is 28.9 Å². The van der Waals surface area contributed by atoms with Crippen molar-refractivity contribution in [2.24, 2.45) is 29.1 Å². The zero-order valence-electron chi connectivity index (χ0n) is 23.4. The number of aliphatic hydroxyl groups is 2. The van der Waals surface area contributed by atoms with Crippen molar-refractivity contribution in [1.82, 2.24) is 10.4 Å². The van der Waals surface area contributed by atoms with E-state index < -0.39 is 24.4 Å². The normalized spacial score (nSPS) is 32.2. The molecule has 3 aliphatic carbocycles. The van der Waals surface area contributed by atoms with E-state index >= 15 is 0 Å². The smallest absolute Gasteiger partial charge is 0.240 e. The maximum absolute atomic E-state index is 13.7. The molecule has 8 nitrogen and oxygen atoms in total. The van der Waals surface area contributed by atoms with Crippen LogP contribution in [-0.2, 0) is 21.0 Å². The van der Waals surface area contributed by atoms with Gasteiger partial charge >= 0.3 is 0 Å². The quantitative estimate of drug-likeness (QED) is 0.428. The first-order valence-corrected chi connectivity index (χ1v) is 14.0. The summed E-state index contributed by atoms with van der Waals surface area (Å²) in [7, 11) is 0. The molecule has 1 saturated heterocycles. The number of benzene rings is 2. The molecule has 2 aromatic carbocycles. The highest BCUT2D eigenvalue weighted by molar-refractivity contribution is 5.89. The number of aliphatic hydroxyl groups excluding tert-OH is 2. The highest BCUT2D eigenvalue weighted by atomic mass is 16.8. The fourth-order valence-corrected chi connectivity index (χ4v) is 7.18. The fraction of sp³-hybridized carbons (Fsp3) is 0.548. The molecule has 8 atom stereocenters. The Kier molecular flexibility index (Phi) is 7.59. The Morgan fingerprint density at radius 2 is 1.82 bits per heavy atom. The molecule has 4 fully saturated rings. The van der Waals surface area contributed by atoms with Gasteiger partial charge in [0.15, 0.2) is 6.29 Å². The first-order valence-electron chi connectivity index (χ1n) is 14.0. The van der Waals surface area contributed by atoms with Crippen LogP contribution in [0.2, 0.25) is 0 Å². The Bertz CT molecular complexity index is 1230. The number of anilines is 1. The molecule has 210 valence electrons. The van der Waals surface area contributed by atoms with Gasteiger partial charge in [0.05, 0.1) is 18.6 Å². The van der Waals surface area contributed by atoms with Crippen molar-refractivity contribution in [2.45, 2.75) is 78.5 Å². The Morgan fingerprint density at radius 1 is 1.13 bits per heavy atom. The van der Waals surface area contributed by atoms with Crippen LogP contribution in [0.4, 0.5) is 5.69 Å². The SMILES string of the molecule is CC(=O)Nc1cccc(-c2cccc(CN3OC(O)[C@@H](C(C)O)[C@H]3C(=O)N[C@H]3C[C@H]4C[C@@H](C3C)C4(C)C)c2)c1. The second-order valence-corrected chi connectivity index (χ2v) is 12.4. The number of carbonyl (C=O) groups is 2.